The van der Waals surface area contributed by atoms with Crippen LogP contribution in [-0.4, -0.2) is 25.0 Å². The SMILES string of the molecule is Oc1cc(O)c(-c2ccnn2-c2ccccc2Cl)cc1C=Cc1ccncc1. The molecule has 0 aliphatic rings. The third-order valence-electron chi connectivity index (χ3n) is 4.31. The van der Waals surface area contributed by atoms with Crippen molar-refractivity contribution in [3.05, 3.63) is 89.3 Å². The number of phenolic OH excluding ortho intramolecular Hbond substituents is 2. The van der Waals surface area contributed by atoms with E-state index in [0.717, 1.165) is 5.56 Å². The smallest absolute Gasteiger partial charge is 0.128 e. The van der Waals surface area contributed by atoms with Crippen molar-refractivity contribution in [3.63, 3.8) is 0 Å². The number of benzene rings is 2. The van der Waals surface area contributed by atoms with Gasteiger partial charge in [0.1, 0.15) is 11.5 Å². The number of halogens is 1. The zero-order valence-corrected chi connectivity index (χ0v) is 15.5. The van der Waals surface area contributed by atoms with E-state index in [4.69, 9.17) is 11.6 Å². The fraction of sp³-hybridized carbons (Fsp3) is 0. The van der Waals surface area contributed by atoms with Crippen LogP contribution in [0, 0.1) is 0 Å². The first-order chi connectivity index (χ1) is 13.6. The van der Waals surface area contributed by atoms with E-state index in [1.165, 1.54) is 6.07 Å². The van der Waals surface area contributed by atoms with Crippen molar-refractivity contribution in [2.75, 3.05) is 0 Å². The topological polar surface area (TPSA) is 71.2 Å². The summed E-state index contributed by atoms with van der Waals surface area (Å²) in [4.78, 5) is 3.99. The molecule has 0 atom stereocenters. The second kappa shape index (κ2) is 7.58. The molecule has 2 N–H and O–H groups in total. The summed E-state index contributed by atoms with van der Waals surface area (Å²) < 4.78 is 1.66. The molecule has 0 saturated carbocycles. The van der Waals surface area contributed by atoms with Crippen LogP contribution >= 0.6 is 11.6 Å². The van der Waals surface area contributed by atoms with Gasteiger partial charge < -0.3 is 10.2 Å². The molecule has 0 saturated heterocycles. The second-order valence-corrected chi connectivity index (χ2v) is 6.53. The Morgan fingerprint density at radius 2 is 1.64 bits per heavy atom. The highest BCUT2D eigenvalue weighted by atomic mass is 35.5. The van der Waals surface area contributed by atoms with Crippen molar-refractivity contribution in [1.82, 2.24) is 14.8 Å². The Bertz CT molecular complexity index is 1150. The molecule has 0 spiro atoms. The van der Waals surface area contributed by atoms with Crippen LogP contribution in [0.4, 0.5) is 0 Å². The molecule has 0 radical (unpaired) electrons. The van der Waals surface area contributed by atoms with E-state index >= 15 is 0 Å². The van der Waals surface area contributed by atoms with Crippen LogP contribution in [0.3, 0.4) is 0 Å². The molecular weight excluding hydrogens is 374 g/mol. The van der Waals surface area contributed by atoms with Crippen LogP contribution in [0.15, 0.2) is 73.2 Å². The molecule has 6 heteroatoms. The van der Waals surface area contributed by atoms with Gasteiger partial charge in [-0.05, 0) is 42.0 Å². The van der Waals surface area contributed by atoms with Crippen LogP contribution in [0.25, 0.3) is 29.1 Å². The average molecular weight is 390 g/mol. The lowest BCUT2D eigenvalue weighted by molar-refractivity contribution is 0.451. The van der Waals surface area contributed by atoms with Crippen molar-refractivity contribution in [2.45, 2.75) is 0 Å². The minimum absolute atomic E-state index is 0.0182. The van der Waals surface area contributed by atoms with Crippen molar-refractivity contribution < 1.29 is 10.2 Å². The van der Waals surface area contributed by atoms with Gasteiger partial charge in [-0.3, -0.25) is 4.98 Å². The molecule has 0 fully saturated rings. The number of phenols is 2. The molecule has 2 aromatic heterocycles. The molecule has 138 valence electrons. The Balaban J connectivity index is 1.79. The van der Waals surface area contributed by atoms with Gasteiger partial charge in [-0.15, -0.1) is 0 Å². The number of aromatic nitrogens is 3. The minimum atomic E-state index is -0.0487. The fourth-order valence-electron chi connectivity index (χ4n) is 2.92. The second-order valence-electron chi connectivity index (χ2n) is 6.12. The first-order valence-electron chi connectivity index (χ1n) is 8.57. The highest BCUT2D eigenvalue weighted by Crippen LogP contribution is 2.37. The lowest BCUT2D eigenvalue weighted by Crippen LogP contribution is -2.00. The number of nitrogens with zero attached hydrogens (tertiary/aromatic N) is 3. The molecule has 5 nitrogen and oxygen atoms in total. The quantitative estimate of drug-likeness (QED) is 0.505. The highest BCUT2D eigenvalue weighted by molar-refractivity contribution is 6.32. The van der Waals surface area contributed by atoms with Crippen LogP contribution < -0.4 is 0 Å². The zero-order valence-electron chi connectivity index (χ0n) is 14.7. The van der Waals surface area contributed by atoms with Crippen molar-refractivity contribution in [1.29, 1.82) is 0 Å². The van der Waals surface area contributed by atoms with E-state index in [2.05, 4.69) is 10.1 Å². The molecular formula is C22H16ClN3O2. The lowest BCUT2D eigenvalue weighted by Gasteiger charge is -2.12. The number of hydrogen-bond acceptors (Lipinski definition) is 4. The maximum Gasteiger partial charge on any atom is 0.128 e. The normalized spacial score (nSPS) is 11.2. The van der Waals surface area contributed by atoms with Gasteiger partial charge >= 0.3 is 0 Å². The largest absolute Gasteiger partial charge is 0.507 e. The highest BCUT2D eigenvalue weighted by Gasteiger charge is 2.15. The molecule has 2 aromatic carbocycles. The summed E-state index contributed by atoms with van der Waals surface area (Å²) in [5, 5.41) is 25.6. The molecule has 0 bridgehead atoms. The molecule has 0 unspecified atom stereocenters. The Hall–Kier alpha value is -3.57. The Kier molecular flexibility index (Phi) is 4.83. The number of hydrogen-bond donors (Lipinski definition) is 2. The van der Waals surface area contributed by atoms with E-state index in [9.17, 15) is 10.2 Å². The summed E-state index contributed by atoms with van der Waals surface area (Å²) in [6.07, 6.45) is 8.68. The first kappa shape index (κ1) is 17.8. The van der Waals surface area contributed by atoms with Crippen LogP contribution in [0.2, 0.25) is 5.02 Å². The van der Waals surface area contributed by atoms with Gasteiger partial charge in [-0.25, -0.2) is 4.68 Å². The molecule has 4 aromatic rings. The van der Waals surface area contributed by atoms with Gasteiger partial charge in [-0.2, -0.15) is 5.10 Å². The van der Waals surface area contributed by atoms with E-state index in [1.54, 1.807) is 47.5 Å². The van der Waals surface area contributed by atoms with Gasteiger partial charge in [0, 0.05) is 29.6 Å². The van der Waals surface area contributed by atoms with Crippen molar-refractivity contribution in [3.8, 4) is 28.4 Å². The maximum atomic E-state index is 10.4. The predicted molar refractivity (Wildman–Crippen MR) is 111 cm³/mol. The van der Waals surface area contributed by atoms with Crippen molar-refractivity contribution in [2.24, 2.45) is 0 Å². The minimum Gasteiger partial charge on any atom is -0.507 e. The zero-order chi connectivity index (χ0) is 19.5. The van der Waals surface area contributed by atoms with Gasteiger partial charge in [0.05, 0.1) is 22.6 Å². The van der Waals surface area contributed by atoms with Gasteiger partial charge in [0.15, 0.2) is 0 Å². The average Bonchev–Trinajstić information content (AvgIpc) is 3.18. The summed E-state index contributed by atoms with van der Waals surface area (Å²) in [5.74, 6) is -0.0669. The molecule has 0 aliphatic carbocycles. The van der Waals surface area contributed by atoms with Gasteiger partial charge in [0.2, 0.25) is 0 Å². The fourth-order valence-corrected chi connectivity index (χ4v) is 3.13. The van der Waals surface area contributed by atoms with Crippen LogP contribution in [-0.2, 0) is 0 Å². The number of para-hydroxylation sites is 1. The number of aromatic hydroxyl groups is 2. The standard InChI is InChI=1S/C22H16ClN3O2/c23-18-3-1-2-4-20(18)26-19(9-12-25-26)17-13-16(21(27)14-22(17)28)6-5-15-7-10-24-11-8-15/h1-14,27-28H. The van der Waals surface area contributed by atoms with Crippen molar-refractivity contribution >= 4 is 23.8 Å². The van der Waals surface area contributed by atoms with Crippen LogP contribution in [0.1, 0.15) is 11.1 Å². The summed E-state index contributed by atoms with van der Waals surface area (Å²) in [5.41, 5.74) is 3.40. The summed E-state index contributed by atoms with van der Waals surface area (Å²) >= 11 is 6.31. The summed E-state index contributed by atoms with van der Waals surface area (Å²) in [7, 11) is 0. The summed E-state index contributed by atoms with van der Waals surface area (Å²) in [6.45, 7) is 0. The lowest BCUT2D eigenvalue weighted by atomic mass is 10.0. The molecule has 28 heavy (non-hydrogen) atoms. The monoisotopic (exact) mass is 389 g/mol. The van der Waals surface area contributed by atoms with Gasteiger partial charge in [-0.1, -0.05) is 35.9 Å². The molecule has 0 aliphatic heterocycles. The third kappa shape index (κ3) is 3.48. The number of rotatable bonds is 4. The Morgan fingerprint density at radius 3 is 2.43 bits per heavy atom. The summed E-state index contributed by atoms with van der Waals surface area (Å²) in [6, 6.07) is 15.9. The third-order valence-corrected chi connectivity index (χ3v) is 4.63. The molecule has 2 heterocycles. The van der Waals surface area contributed by atoms with E-state index in [1.807, 2.05) is 36.4 Å². The number of pyridine rings is 1. The molecule has 0 amide bonds. The predicted octanol–water partition coefficient (Wildman–Crippen LogP) is 5.17. The van der Waals surface area contributed by atoms with E-state index in [-0.39, 0.29) is 11.5 Å². The van der Waals surface area contributed by atoms with Gasteiger partial charge in [0.25, 0.3) is 0 Å². The van der Waals surface area contributed by atoms with E-state index < -0.39 is 0 Å². The first-order valence-corrected chi connectivity index (χ1v) is 8.94. The van der Waals surface area contributed by atoms with Crippen LogP contribution in [0.5, 0.6) is 11.5 Å². The molecule has 4 rings (SSSR count). The maximum absolute atomic E-state index is 10.4. The Morgan fingerprint density at radius 1 is 0.857 bits per heavy atom. The van der Waals surface area contributed by atoms with E-state index in [0.29, 0.717) is 27.5 Å². The Labute approximate surface area is 166 Å².